The first-order valence-electron chi connectivity index (χ1n) is 16.7. The fraction of sp³-hybridized carbons (Fsp3) is 0. The quantitative estimate of drug-likeness (QED) is 0.170. The maximum atomic E-state index is 5.12. The van der Waals surface area contributed by atoms with Gasteiger partial charge in [-0.15, -0.1) is 0 Å². The average molecular weight is 639 g/mol. The van der Waals surface area contributed by atoms with Crippen LogP contribution >= 0.6 is 0 Å². The lowest BCUT2D eigenvalue weighted by Crippen LogP contribution is -2.00. The van der Waals surface area contributed by atoms with E-state index in [0.29, 0.717) is 17.5 Å². The molecule has 0 N–H and O–H groups in total. The summed E-state index contributed by atoms with van der Waals surface area (Å²) >= 11 is 0. The van der Waals surface area contributed by atoms with E-state index in [0.717, 1.165) is 50.1 Å². The van der Waals surface area contributed by atoms with E-state index in [-0.39, 0.29) is 0 Å². The van der Waals surface area contributed by atoms with Crippen molar-refractivity contribution in [3.05, 3.63) is 182 Å². The van der Waals surface area contributed by atoms with E-state index < -0.39 is 0 Å². The minimum atomic E-state index is 0.620. The van der Waals surface area contributed by atoms with Crippen LogP contribution in [0.15, 0.2) is 182 Å². The predicted octanol–water partition coefficient (Wildman–Crippen LogP) is 11.6. The van der Waals surface area contributed by atoms with Crippen LogP contribution in [0.4, 0.5) is 0 Å². The van der Waals surface area contributed by atoms with E-state index in [9.17, 15) is 0 Å². The van der Waals surface area contributed by atoms with Gasteiger partial charge in [-0.05, 0) is 85.8 Å². The first-order valence-corrected chi connectivity index (χ1v) is 16.7. The lowest BCUT2D eigenvalue weighted by Gasteiger charge is -2.15. The molecular weight excluding hydrogens is 609 g/mol. The number of nitrogens with zero attached hydrogens (tertiary/aromatic N) is 4. The van der Waals surface area contributed by atoms with Crippen molar-refractivity contribution in [3.8, 4) is 67.5 Å². The van der Waals surface area contributed by atoms with Crippen molar-refractivity contribution in [1.29, 1.82) is 0 Å². The molecule has 4 heteroatoms. The molecule has 0 amide bonds. The molecule has 0 saturated heterocycles. The second kappa shape index (κ2) is 12.7. The van der Waals surface area contributed by atoms with Crippen LogP contribution in [-0.4, -0.2) is 19.9 Å². The fourth-order valence-electron chi connectivity index (χ4n) is 6.72. The van der Waals surface area contributed by atoms with Crippen molar-refractivity contribution in [1.82, 2.24) is 19.9 Å². The van der Waals surface area contributed by atoms with E-state index in [2.05, 4.69) is 108 Å². The van der Waals surface area contributed by atoms with Crippen molar-refractivity contribution in [2.75, 3.05) is 0 Å². The molecule has 2 aromatic heterocycles. The van der Waals surface area contributed by atoms with Crippen LogP contribution in [0.25, 0.3) is 89.1 Å². The minimum Gasteiger partial charge on any atom is -0.264 e. The molecule has 50 heavy (non-hydrogen) atoms. The number of pyridine rings is 1. The molecule has 7 aromatic carbocycles. The maximum absolute atomic E-state index is 5.12. The highest BCUT2D eigenvalue weighted by atomic mass is 15.0. The molecule has 0 atom stereocenters. The molecule has 4 nitrogen and oxygen atoms in total. The van der Waals surface area contributed by atoms with Crippen LogP contribution in [0.2, 0.25) is 0 Å². The SMILES string of the molecule is c1ccc(-c2nc(-c3ccccc3)nc(-c3cc(-c4cccc(-c5cccnc5)c4)cc(-c4cc5ccccc5c5ccccc45)c3)n2)cc1. The average Bonchev–Trinajstić information content (AvgIpc) is 3.21. The van der Waals surface area contributed by atoms with E-state index >= 15 is 0 Å². The third-order valence-electron chi connectivity index (χ3n) is 9.16. The lowest BCUT2D eigenvalue weighted by molar-refractivity contribution is 1.07. The Morgan fingerprint density at radius 2 is 0.800 bits per heavy atom. The molecule has 0 aliphatic heterocycles. The molecule has 0 bridgehead atoms. The van der Waals surface area contributed by atoms with Gasteiger partial charge in [0.25, 0.3) is 0 Å². The minimum absolute atomic E-state index is 0.620. The summed E-state index contributed by atoms with van der Waals surface area (Å²) in [5.41, 5.74) is 9.40. The molecule has 0 aliphatic carbocycles. The summed E-state index contributed by atoms with van der Waals surface area (Å²) in [7, 11) is 0. The number of benzene rings is 7. The maximum Gasteiger partial charge on any atom is 0.164 e. The first-order chi connectivity index (χ1) is 24.8. The summed E-state index contributed by atoms with van der Waals surface area (Å²) in [4.78, 5) is 19.6. The van der Waals surface area contributed by atoms with Crippen molar-refractivity contribution in [3.63, 3.8) is 0 Å². The standard InChI is InChI=1S/C46H30N4/c1-3-13-31(14-4-1)44-48-45(32-15-5-2-6-16-32)50-46(49-44)39-27-37(34-19-11-18-33(25-34)36-20-12-24-47-30-36)26-38(28-39)43-29-35-17-7-8-21-40(35)41-22-9-10-23-42(41)43/h1-30H. The van der Waals surface area contributed by atoms with Gasteiger partial charge in [0.1, 0.15) is 0 Å². The van der Waals surface area contributed by atoms with Crippen molar-refractivity contribution >= 4 is 21.5 Å². The van der Waals surface area contributed by atoms with Gasteiger partial charge in [-0.1, -0.05) is 133 Å². The smallest absolute Gasteiger partial charge is 0.164 e. The number of hydrogen-bond acceptors (Lipinski definition) is 4. The molecule has 0 aliphatic rings. The van der Waals surface area contributed by atoms with Gasteiger partial charge in [-0.3, -0.25) is 4.98 Å². The zero-order chi connectivity index (χ0) is 33.3. The number of rotatable bonds is 6. The molecule has 0 radical (unpaired) electrons. The first kappa shape index (κ1) is 29.4. The van der Waals surface area contributed by atoms with Gasteiger partial charge >= 0.3 is 0 Å². The highest BCUT2D eigenvalue weighted by molar-refractivity contribution is 6.14. The van der Waals surface area contributed by atoms with Crippen LogP contribution in [0, 0.1) is 0 Å². The van der Waals surface area contributed by atoms with E-state index in [1.807, 2.05) is 72.9 Å². The van der Waals surface area contributed by atoms with Gasteiger partial charge in [0, 0.05) is 34.6 Å². The van der Waals surface area contributed by atoms with Gasteiger partial charge < -0.3 is 0 Å². The second-order valence-corrected chi connectivity index (χ2v) is 12.4. The number of fused-ring (bicyclic) bond motifs is 3. The van der Waals surface area contributed by atoms with Crippen molar-refractivity contribution in [2.45, 2.75) is 0 Å². The molecule has 0 saturated carbocycles. The molecule has 234 valence electrons. The molecular formula is C46H30N4. The summed E-state index contributed by atoms with van der Waals surface area (Å²) in [6.07, 6.45) is 3.71. The van der Waals surface area contributed by atoms with Crippen LogP contribution < -0.4 is 0 Å². The third-order valence-corrected chi connectivity index (χ3v) is 9.16. The molecule has 9 rings (SSSR count). The largest absolute Gasteiger partial charge is 0.264 e. The second-order valence-electron chi connectivity index (χ2n) is 12.4. The van der Waals surface area contributed by atoms with Gasteiger partial charge in [-0.2, -0.15) is 0 Å². The summed E-state index contributed by atoms with van der Waals surface area (Å²) < 4.78 is 0. The van der Waals surface area contributed by atoms with Gasteiger partial charge in [0.05, 0.1) is 0 Å². The Bertz CT molecular complexity index is 2580. The normalized spacial score (nSPS) is 11.2. The Labute approximate surface area is 290 Å². The highest BCUT2D eigenvalue weighted by Gasteiger charge is 2.17. The van der Waals surface area contributed by atoms with E-state index in [1.54, 1.807) is 6.20 Å². The van der Waals surface area contributed by atoms with Crippen molar-refractivity contribution in [2.24, 2.45) is 0 Å². The van der Waals surface area contributed by atoms with Crippen LogP contribution in [-0.2, 0) is 0 Å². The van der Waals surface area contributed by atoms with Gasteiger partial charge in [0.15, 0.2) is 17.5 Å². The number of hydrogen-bond donors (Lipinski definition) is 0. The zero-order valence-electron chi connectivity index (χ0n) is 27.1. The zero-order valence-corrected chi connectivity index (χ0v) is 27.1. The van der Waals surface area contributed by atoms with Gasteiger partial charge in [0.2, 0.25) is 0 Å². The summed E-state index contributed by atoms with van der Waals surface area (Å²) in [5, 5.41) is 4.86. The summed E-state index contributed by atoms with van der Waals surface area (Å²) in [6, 6.07) is 59.3. The Morgan fingerprint density at radius 3 is 1.48 bits per heavy atom. The molecule has 0 fully saturated rings. The Morgan fingerprint density at radius 1 is 0.300 bits per heavy atom. The van der Waals surface area contributed by atoms with Crippen LogP contribution in [0.3, 0.4) is 0 Å². The Balaban J connectivity index is 1.31. The predicted molar refractivity (Wildman–Crippen MR) is 205 cm³/mol. The topological polar surface area (TPSA) is 51.6 Å². The van der Waals surface area contributed by atoms with Crippen LogP contribution in [0.1, 0.15) is 0 Å². The summed E-state index contributed by atoms with van der Waals surface area (Å²) in [6.45, 7) is 0. The molecule has 0 spiro atoms. The van der Waals surface area contributed by atoms with E-state index in [1.165, 1.54) is 21.5 Å². The fourth-order valence-corrected chi connectivity index (χ4v) is 6.72. The molecule has 0 unspecified atom stereocenters. The molecule has 2 heterocycles. The summed E-state index contributed by atoms with van der Waals surface area (Å²) in [5.74, 6) is 1.89. The third kappa shape index (κ3) is 5.59. The molecule has 9 aromatic rings. The van der Waals surface area contributed by atoms with E-state index in [4.69, 9.17) is 15.0 Å². The Kier molecular flexibility index (Phi) is 7.45. The monoisotopic (exact) mass is 638 g/mol. The van der Waals surface area contributed by atoms with Crippen molar-refractivity contribution < 1.29 is 0 Å². The lowest BCUT2D eigenvalue weighted by atomic mass is 9.90. The highest BCUT2D eigenvalue weighted by Crippen LogP contribution is 2.39. The Hall–Kier alpha value is -6.78. The van der Waals surface area contributed by atoms with Gasteiger partial charge in [-0.25, -0.2) is 15.0 Å². The van der Waals surface area contributed by atoms with Crippen LogP contribution in [0.5, 0.6) is 0 Å². The number of aromatic nitrogens is 4.